The molecule has 1 aromatic carbocycles. The molecule has 0 spiro atoms. The van der Waals surface area contributed by atoms with Crippen molar-refractivity contribution in [2.24, 2.45) is 4.99 Å². The Kier molecular flexibility index (Phi) is 8.31. The first-order valence-corrected chi connectivity index (χ1v) is 15.6. The standard InChI is InChI=1S/C28H33N5O5S2/c1-5-21-8-6-7-13-32(21)40(35,36)22-11-9-20(10-12-22)29-26(34)17-39-28-31-30-27-18(2)14-19-15-24(37-3)25(38-4)16-23(19)33(27)28/h9-12,14-16,21H,5-8,13,17H2,1-4H3,(H,35,36)/t21-/m0/s1. The van der Waals surface area contributed by atoms with E-state index in [0.29, 0.717) is 39.4 Å². The Morgan fingerprint density at radius 1 is 1.12 bits per heavy atom. The Morgan fingerprint density at radius 2 is 1.85 bits per heavy atom. The van der Waals surface area contributed by atoms with Crippen LogP contribution in [0.15, 0.2) is 52.7 Å². The van der Waals surface area contributed by atoms with Gasteiger partial charge in [0.25, 0.3) is 5.91 Å². The number of carbonyl (C=O) groups excluding carboxylic acids is 1. The van der Waals surface area contributed by atoms with Gasteiger partial charge in [-0.25, -0.2) is 13.5 Å². The fourth-order valence-electron chi connectivity index (χ4n) is 5.17. The van der Waals surface area contributed by atoms with Gasteiger partial charge in [0.2, 0.25) is 0 Å². The number of amides is 1. The molecular weight excluding hydrogens is 550 g/mol. The third-order valence-electron chi connectivity index (χ3n) is 7.22. The molecule has 212 valence electrons. The summed E-state index contributed by atoms with van der Waals surface area (Å²) in [5, 5.41) is 10.1. The summed E-state index contributed by atoms with van der Waals surface area (Å²) in [6.45, 7) is 4.60. The number of benzene rings is 1. The largest absolute Gasteiger partial charge is 0.493 e. The molecule has 3 aromatic rings. The minimum atomic E-state index is -3.34. The summed E-state index contributed by atoms with van der Waals surface area (Å²) in [7, 11) is -0.167. The molecule has 2 aromatic heterocycles. The molecule has 10 nitrogen and oxygen atoms in total. The molecule has 0 saturated carbocycles. The van der Waals surface area contributed by atoms with Crippen molar-refractivity contribution < 1.29 is 23.0 Å². The Labute approximate surface area is 238 Å². The van der Waals surface area contributed by atoms with E-state index in [-0.39, 0.29) is 17.7 Å². The maximum Gasteiger partial charge on any atom is 0.256 e. The van der Waals surface area contributed by atoms with Crippen molar-refractivity contribution in [1.82, 2.24) is 18.9 Å². The molecule has 1 aliphatic heterocycles. The number of rotatable bonds is 7. The van der Waals surface area contributed by atoms with Crippen LogP contribution >= 0.6 is 11.8 Å². The van der Waals surface area contributed by atoms with Gasteiger partial charge < -0.3 is 14.0 Å². The third kappa shape index (κ3) is 5.40. The molecule has 40 heavy (non-hydrogen) atoms. The van der Waals surface area contributed by atoms with Gasteiger partial charge in [-0.05, 0) is 68.2 Å². The predicted molar refractivity (Wildman–Crippen MR) is 160 cm³/mol. The zero-order valence-corrected chi connectivity index (χ0v) is 24.6. The molecule has 3 heterocycles. The van der Waals surface area contributed by atoms with Crippen LogP contribution in [0.1, 0.15) is 38.2 Å². The van der Waals surface area contributed by atoms with E-state index in [1.165, 1.54) is 11.8 Å². The van der Waals surface area contributed by atoms with E-state index in [1.807, 2.05) is 36.4 Å². The summed E-state index contributed by atoms with van der Waals surface area (Å²) < 4.78 is 38.8. The van der Waals surface area contributed by atoms with Gasteiger partial charge in [0, 0.05) is 24.0 Å². The smallest absolute Gasteiger partial charge is 0.256 e. The molecule has 1 unspecified atom stereocenters. The average Bonchev–Trinajstić information content (AvgIpc) is 3.40. The molecular formula is C28H33N5O5S2. The van der Waals surface area contributed by atoms with Crippen LogP contribution in [0.5, 0.6) is 11.5 Å². The highest BCUT2D eigenvalue weighted by Gasteiger charge is 2.29. The summed E-state index contributed by atoms with van der Waals surface area (Å²) in [6, 6.07) is 5.87. The minimum Gasteiger partial charge on any atom is -0.493 e. The summed E-state index contributed by atoms with van der Waals surface area (Å²) in [5.41, 5.74) is 2.89. The maximum atomic E-state index is 13.3. The van der Waals surface area contributed by atoms with E-state index in [4.69, 9.17) is 9.47 Å². The van der Waals surface area contributed by atoms with Gasteiger partial charge in [0.1, 0.15) is 0 Å². The normalized spacial score (nSPS) is 19.3. The molecule has 1 fully saturated rings. The molecule has 1 saturated heterocycles. The predicted octanol–water partition coefficient (Wildman–Crippen LogP) is 4.50. The van der Waals surface area contributed by atoms with Crippen LogP contribution < -0.4 is 9.47 Å². The summed E-state index contributed by atoms with van der Waals surface area (Å²) in [6.07, 6.45) is 10.1. The number of hydrogen-bond donors (Lipinski definition) is 1. The third-order valence-corrected chi connectivity index (χ3v) is 10.1. The van der Waals surface area contributed by atoms with Gasteiger partial charge in [-0.15, -0.1) is 10.2 Å². The first-order chi connectivity index (χ1) is 19.3. The maximum absolute atomic E-state index is 13.3. The number of aliphatic imine (C=N–C) groups is 1. The van der Waals surface area contributed by atoms with Crippen molar-refractivity contribution in [3.63, 3.8) is 0 Å². The van der Waals surface area contributed by atoms with Gasteiger partial charge in [0.15, 0.2) is 32.3 Å². The van der Waals surface area contributed by atoms with Gasteiger partial charge >= 0.3 is 0 Å². The Bertz CT molecular complexity index is 1670. The highest BCUT2D eigenvalue weighted by atomic mass is 32.2. The molecule has 1 N–H and O–H groups in total. The van der Waals surface area contributed by atoms with Crippen LogP contribution in [0.3, 0.4) is 0 Å². The number of aromatic nitrogens is 3. The number of aryl methyl sites for hydroxylation is 1. The van der Waals surface area contributed by atoms with Crippen LogP contribution in [0.2, 0.25) is 0 Å². The molecule has 5 rings (SSSR count). The van der Waals surface area contributed by atoms with E-state index >= 15 is 0 Å². The van der Waals surface area contributed by atoms with Crippen molar-refractivity contribution in [2.75, 3.05) is 26.5 Å². The van der Waals surface area contributed by atoms with Crippen LogP contribution in [-0.2, 0) is 14.8 Å². The Morgan fingerprint density at radius 3 is 2.55 bits per heavy atom. The van der Waals surface area contributed by atoms with E-state index in [9.17, 15) is 13.6 Å². The number of allylic oxidation sites excluding steroid dienone is 4. The second-order valence-corrected chi connectivity index (χ2v) is 12.6. The van der Waals surface area contributed by atoms with E-state index in [2.05, 4.69) is 15.2 Å². The fourth-order valence-corrected chi connectivity index (χ4v) is 7.70. The van der Waals surface area contributed by atoms with Crippen molar-refractivity contribution in [2.45, 2.75) is 50.7 Å². The molecule has 0 radical (unpaired) electrons. The first-order valence-electron chi connectivity index (χ1n) is 13.2. The van der Waals surface area contributed by atoms with E-state index in [0.717, 1.165) is 42.1 Å². The van der Waals surface area contributed by atoms with Crippen molar-refractivity contribution in [1.29, 1.82) is 0 Å². The number of piperidine rings is 1. The topological polar surface area (TPSA) is 119 Å². The van der Waals surface area contributed by atoms with Crippen LogP contribution in [0.4, 0.5) is 0 Å². The lowest BCUT2D eigenvalue weighted by molar-refractivity contribution is -0.115. The van der Waals surface area contributed by atoms with Crippen molar-refractivity contribution in [3.8, 4) is 11.5 Å². The average molecular weight is 584 g/mol. The monoisotopic (exact) mass is 583 g/mol. The summed E-state index contributed by atoms with van der Waals surface area (Å²) >= 11 is 1.24. The van der Waals surface area contributed by atoms with E-state index in [1.54, 1.807) is 42.8 Å². The number of nitrogens with zero attached hydrogens (tertiary/aromatic N) is 5. The number of ether oxygens (including phenoxy) is 2. The minimum absolute atomic E-state index is 0.0496. The molecule has 1 amide bonds. The van der Waals surface area contributed by atoms with Gasteiger partial charge in [0.05, 0.1) is 36.1 Å². The number of methoxy groups -OCH3 is 2. The van der Waals surface area contributed by atoms with Crippen molar-refractivity contribution in [3.05, 3.63) is 48.1 Å². The highest BCUT2D eigenvalue weighted by Crippen LogP contribution is 2.35. The summed E-state index contributed by atoms with van der Waals surface area (Å²) in [4.78, 5) is 17.3. The SMILES string of the molecule is CC[C@H]1CCCCN1S(=O)(O)=C1C=CC(=NC(=O)CSc2nnc3c(C)cc4cc(OC)c(OC)cc4n23)C=C1. The zero-order valence-electron chi connectivity index (χ0n) is 23.0. The van der Waals surface area contributed by atoms with Gasteiger partial charge in [-0.1, -0.05) is 25.1 Å². The lowest BCUT2D eigenvalue weighted by atomic mass is 10.0. The number of carbonyl (C=O) groups is 1. The zero-order chi connectivity index (χ0) is 28.4. The number of hydrogen-bond acceptors (Lipinski definition) is 7. The Balaban J connectivity index is 1.35. The molecule has 2 aliphatic rings. The molecule has 0 bridgehead atoms. The lowest BCUT2D eigenvalue weighted by Gasteiger charge is -2.35. The van der Waals surface area contributed by atoms with E-state index < -0.39 is 9.99 Å². The Hall–Kier alpha value is -3.19. The van der Waals surface area contributed by atoms with Crippen LogP contribution in [0.25, 0.3) is 16.6 Å². The van der Waals surface area contributed by atoms with Crippen LogP contribution in [0, 0.1) is 6.92 Å². The number of pyridine rings is 1. The summed E-state index contributed by atoms with van der Waals surface area (Å²) in [5.74, 6) is 0.900. The van der Waals surface area contributed by atoms with Gasteiger partial charge in [-0.3, -0.25) is 9.20 Å². The van der Waals surface area contributed by atoms with Crippen LogP contribution in [-0.4, -0.2) is 76.7 Å². The number of fused-ring (bicyclic) bond motifs is 3. The van der Waals surface area contributed by atoms with Crippen molar-refractivity contribution >= 4 is 54.8 Å². The quantitative estimate of drug-likeness (QED) is 0.319. The lowest BCUT2D eigenvalue weighted by Crippen LogP contribution is -2.45. The molecule has 1 aliphatic carbocycles. The second-order valence-electron chi connectivity index (χ2n) is 9.72. The van der Waals surface area contributed by atoms with Gasteiger partial charge in [-0.2, -0.15) is 0 Å². The number of thioether (sulfide) groups is 1. The molecule has 12 heteroatoms. The fraction of sp³-hybridized carbons (Fsp3) is 0.393. The highest BCUT2D eigenvalue weighted by molar-refractivity contribution is 7.99. The first kappa shape index (κ1) is 28.3. The molecule has 2 atom stereocenters. The second kappa shape index (κ2) is 11.7.